The van der Waals surface area contributed by atoms with Gasteiger partial charge in [0.2, 0.25) is 0 Å². The fourth-order valence-corrected chi connectivity index (χ4v) is 2.54. The second kappa shape index (κ2) is 5.23. The van der Waals surface area contributed by atoms with Crippen LogP contribution >= 0.6 is 11.3 Å². The van der Waals surface area contributed by atoms with Crippen molar-refractivity contribution in [2.45, 2.75) is 25.9 Å². The summed E-state index contributed by atoms with van der Waals surface area (Å²) in [6.07, 6.45) is 4.81. The molecule has 0 bridgehead atoms. The number of thiophene rings is 1. The van der Waals surface area contributed by atoms with E-state index in [9.17, 15) is 5.11 Å². The molecule has 2 nitrogen and oxygen atoms in total. The van der Waals surface area contributed by atoms with Crippen molar-refractivity contribution in [2.75, 3.05) is 0 Å². The van der Waals surface area contributed by atoms with Gasteiger partial charge in [0.15, 0.2) is 0 Å². The molecular weight excluding hydrogens is 218 g/mol. The number of aliphatic hydroxyl groups excluding tert-OH is 1. The van der Waals surface area contributed by atoms with Crippen molar-refractivity contribution in [1.82, 2.24) is 4.98 Å². The first-order chi connectivity index (χ1) is 7.79. The Morgan fingerprint density at radius 1 is 1.25 bits per heavy atom. The summed E-state index contributed by atoms with van der Waals surface area (Å²) < 4.78 is 0. The predicted molar refractivity (Wildman–Crippen MR) is 66.6 cm³/mol. The van der Waals surface area contributed by atoms with E-state index in [1.165, 1.54) is 4.88 Å². The lowest BCUT2D eigenvalue weighted by Crippen LogP contribution is -1.99. The molecule has 1 unspecified atom stereocenters. The Morgan fingerprint density at radius 3 is 2.62 bits per heavy atom. The fourth-order valence-electron chi connectivity index (χ4n) is 1.61. The third kappa shape index (κ3) is 2.68. The van der Waals surface area contributed by atoms with Crippen LogP contribution in [0, 0.1) is 0 Å². The Kier molecular flexibility index (Phi) is 3.70. The van der Waals surface area contributed by atoms with Gasteiger partial charge in [0.05, 0.1) is 6.10 Å². The van der Waals surface area contributed by atoms with Crippen LogP contribution in [-0.2, 0) is 12.8 Å². The maximum Gasteiger partial charge on any atom is 0.0922 e. The number of hydrogen-bond acceptors (Lipinski definition) is 3. The monoisotopic (exact) mass is 233 g/mol. The minimum atomic E-state index is -0.396. The van der Waals surface area contributed by atoms with Gasteiger partial charge < -0.3 is 5.11 Å². The Balaban J connectivity index is 2.05. The molecule has 0 saturated heterocycles. The molecule has 0 aromatic carbocycles. The molecule has 0 radical (unpaired) electrons. The first-order valence-corrected chi connectivity index (χ1v) is 6.27. The minimum Gasteiger partial charge on any atom is -0.387 e. The molecule has 2 heterocycles. The average molecular weight is 233 g/mol. The van der Waals surface area contributed by atoms with E-state index in [-0.39, 0.29) is 0 Å². The quantitative estimate of drug-likeness (QED) is 0.880. The summed E-state index contributed by atoms with van der Waals surface area (Å²) in [6.45, 7) is 2.13. The van der Waals surface area contributed by atoms with Gasteiger partial charge in [-0.15, -0.1) is 11.3 Å². The van der Waals surface area contributed by atoms with E-state index in [1.807, 2.05) is 18.2 Å². The van der Waals surface area contributed by atoms with Gasteiger partial charge in [-0.3, -0.25) is 4.98 Å². The van der Waals surface area contributed by atoms with E-state index in [1.54, 1.807) is 23.7 Å². The second-order valence-corrected chi connectivity index (χ2v) is 4.93. The molecule has 0 aliphatic heterocycles. The van der Waals surface area contributed by atoms with Crippen LogP contribution < -0.4 is 0 Å². The van der Waals surface area contributed by atoms with Crippen LogP contribution in [0.5, 0.6) is 0 Å². The Labute approximate surface area is 99.6 Å². The Bertz CT molecular complexity index is 438. The molecule has 0 amide bonds. The zero-order valence-corrected chi connectivity index (χ0v) is 10.1. The first kappa shape index (κ1) is 11.3. The summed E-state index contributed by atoms with van der Waals surface area (Å²) in [4.78, 5) is 6.34. The van der Waals surface area contributed by atoms with Gasteiger partial charge in [-0.25, -0.2) is 0 Å². The van der Waals surface area contributed by atoms with Crippen LogP contribution in [0.25, 0.3) is 0 Å². The number of aromatic nitrogens is 1. The van der Waals surface area contributed by atoms with Crippen LogP contribution in [0.1, 0.15) is 28.3 Å². The molecule has 0 aliphatic rings. The van der Waals surface area contributed by atoms with Gasteiger partial charge in [0.25, 0.3) is 0 Å². The standard InChI is InChI=1S/C13H15NOS/c1-2-11-3-4-13(16-11)12(15)9-10-5-7-14-8-6-10/h3-8,12,15H,2,9H2,1H3. The highest BCUT2D eigenvalue weighted by atomic mass is 32.1. The second-order valence-electron chi connectivity index (χ2n) is 3.73. The van der Waals surface area contributed by atoms with E-state index in [2.05, 4.69) is 18.0 Å². The molecule has 0 saturated carbocycles. The molecule has 16 heavy (non-hydrogen) atoms. The van der Waals surface area contributed by atoms with Crippen molar-refractivity contribution in [2.24, 2.45) is 0 Å². The molecule has 2 rings (SSSR count). The largest absolute Gasteiger partial charge is 0.387 e. The zero-order valence-electron chi connectivity index (χ0n) is 9.26. The molecule has 3 heteroatoms. The average Bonchev–Trinajstić information content (AvgIpc) is 2.79. The number of aliphatic hydroxyl groups is 1. The highest BCUT2D eigenvalue weighted by molar-refractivity contribution is 7.12. The number of aryl methyl sites for hydroxylation is 1. The van der Waals surface area contributed by atoms with Gasteiger partial charge in [-0.1, -0.05) is 6.92 Å². The minimum absolute atomic E-state index is 0.396. The van der Waals surface area contributed by atoms with Gasteiger partial charge in [0.1, 0.15) is 0 Å². The third-order valence-electron chi connectivity index (χ3n) is 2.54. The van der Waals surface area contributed by atoms with Gasteiger partial charge in [0, 0.05) is 28.6 Å². The molecule has 1 atom stereocenters. The van der Waals surface area contributed by atoms with Crippen molar-refractivity contribution < 1.29 is 5.11 Å². The summed E-state index contributed by atoms with van der Waals surface area (Å²) >= 11 is 1.69. The Hall–Kier alpha value is -1.19. The van der Waals surface area contributed by atoms with Crippen LogP contribution in [0.3, 0.4) is 0 Å². The lowest BCUT2D eigenvalue weighted by atomic mass is 10.1. The normalized spacial score (nSPS) is 12.6. The van der Waals surface area contributed by atoms with Crippen molar-refractivity contribution in [3.05, 3.63) is 52.0 Å². The first-order valence-electron chi connectivity index (χ1n) is 5.45. The topological polar surface area (TPSA) is 33.1 Å². The van der Waals surface area contributed by atoms with Crippen LogP contribution in [0.4, 0.5) is 0 Å². The molecule has 0 spiro atoms. The van der Waals surface area contributed by atoms with Crippen molar-refractivity contribution >= 4 is 11.3 Å². The number of hydrogen-bond donors (Lipinski definition) is 1. The number of pyridine rings is 1. The van der Waals surface area contributed by atoms with Crippen LogP contribution in [0.2, 0.25) is 0 Å². The molecule has 0 aliphatic carbocycles. The molecule has 2 aromatic rings. The molecule has 84 valence electrons. The fraction of sp³-hybridized carbons (Fsp3) is 0.308. The van der Waals surface area contributed by atoms with Crippen molar-refractivity contribution in [3.8, 4) is 0 Å². The summed E-state index contributed by atoms with van der Waals surface area (Å²) in [6, 6.07) is 8.00. The summed E-state index contributed by atoms with van der Waals surface area (Å²) in [5.41, 5.74) is 1.12. The van der Waals surface area contributed by atoms with E-state index < -0.39 is 6.10 Å². The van der Waals surface area contributed by atoms with Crippen molar-refractivity contribution in [3.63, 3.8) is 0 Å². The van der Waals surface area contributed by atoms with Gasteiger partial charge in [-0.2, -0.15) is 0 Å². The van der Waals surface area contributed by atoms with Crippen LogP contribution in [0.15, 0.2) is 36.7 Å². The van der Waals surface area contributed by atoms with E-state index in [0.29, 0.717) is 6.42 Å². The van der Waals surface area contributed by atoms with E-state index in [0.717, 1.165) is 16.9 Å². The number of rotatable bonds is 4. The van der Waals surface area contributed by atoms with E-state index >= 15 is 0 Å². The maximum atomic E-state index is 10.1. The zero-order chi connectivity index (χ0) is 11.4. The SMILES string of the molecule is CCc1ccc(C(O)Cc2ccncc2)s1. The maximum absolute atomic E-state index is 10.1. The van der Waals surface area contributed by atoms with Crippen LogP contribution in [-0.4, -0.2) is 10.1 Å². The smallest absolute Gasteiger partial charge is 0.0922 e. The third-order valence-corrected chi connectivity index (χ3v) is 3.87. The lowest BCUT2D eigenvalue weighted by molar-refractivity contribution is 0.182. The summed E-state index contributed by atoms with van der Waals surface area (Å²) in [7, 11) is 0. The van der Waals surface area contributed by atoms with Gasteiger partial charge >= 0.3 is 0 Å². The van der Waals surface area contributed by atoms with Gasteiger partial charge in [-0.05, 0) is 36.2 Å². The summed E-state index contributed by atoms with van der Waals surface area (Å²) in [5, 5.41) is 10.1. The highest BCUT2D eigenvalue weighted by Crippen LogP contribution is 2.26. The lowest BCUT2D eigenvalue weighted by Gasteiger charge is -2.07. The Morgan fingerprint density at radius 2 is 2.00 bits per heavy atom. The molecule has 1 N–H and O–H groups in total. The van der Waals surface area contributed by atoms with E-state index in [4.69, 9.17) is 0 Å². The predicted octanol–water partition coefficient (Wildman–Crippen LogP) is 2.98. The molecule has 2 aromatic heterocycles. The molecular formula is C13H15NOS. The van der Waals surface area contributed by atoms with Crippen molar-refractivity contribution in [1.29, 1.82) is 0 Å². The summed E-state index contributed by atoms with van der Waals surface area (Å²) in [5.74, 6) is 0. The highest BCUT2D eigenvalue weighted by Gasteiger charge is 2.10. The molecule has 0 fully saturated rings. The number of nitrogens with zero attached hydrogens (tertiary/aromatic N) is 1.